The zero-order chi connectivity index (χ0) is 26.1. The molecule has 4 rings (SSSR count). The van der Waals surface area contributed by atoms with E-state index in [2.05, 4.69) is 96.3 Å². The molecule has 0 aromatic heterocycles. The van der Waals surface area contributed by atoms with E-state index < -0.39 is 12.7 Å². The Balaban J connectivity index is 1.57. The Bertz CT molecular complexity index is 1080. The van der Waals surface area contributed by atoms with E-state index in [-0.39, 0.29) is 11.9 Å². The number of nitrogens with one attached hydrogen (secondary N) is 1. The van der Waals surface area contributed by atoms with Crippen molar-refractivity contribution in [3.63, 3.8) is 0 Å². The largest absolute Gasteiger partial charge is 0.381 e. The summed E-state index contributed by atoms with van der Waals surface area (Å²) in [6.07, 6.45) is 3.15. The second kappa shape index (κ2) is 12.4. The van der Waals surface area contributed by atoms with E-state index in [1.807, 2.05) is 7.05 Å². The van der Waals surface area contributed by atoms with Crippen LogP contribution in [0.2, 0.25) is 0 Å². The molecule has 1 amide bonds. The molecule has 7 heteroatoms. The molecule has 0 spiro atoms. The Kier molecular flexibility index (Phi) is 8.96. The summed E-state index contributed by atoms with van der Waals surface area (Å²) < 4.78 is 7.34. The van der Waals surface area contributed by atoms with Gasteiger partial charge in [-0.15, -0.1) is 0 Å². The van der Waals surface area contributed by atoms with Gasteiger partial charge in [0.1, 0.15) is 23.2 Å². The summed E-state index contributed by atoms with van der Waals surface area (Å²) in [5, 5.41) is 7.34. The summed E-state index contributed by atoms with van der Waals surface area (Å²) in [7, 11) is -0.0823. The van der Waals surface area contributed by atoms with Crippen molar-refractivity contribution in [3.05, 3.63) is 91.0 Å². The predicted octanol–water partition coefficient (Wildman–Crippen LogP) is 2.20. The summed E-state index contributed by atoms with van der Waals surface area (Å²) in [6.45, 7) is 2.23. The fourth-order valence-electron chi connectivity index (χ4n) is 5.35. The van der Waals surface area contributed by atoms with Crippen molar-refractivity contribution < 1.29 is 14.1 Å². The second-order valence-corrected chi connectivity index (χ2v) is 13.4. The highest BCUT2D eigenvalue weighted by atomic mass is 31.2. The van der Waals surface area contributed by atoms with Gasteiger partial charge in [0.25, 0.3) is 0 Å². The molecule has 37 heavy (non-hydrogen) atoms. The fraction of sp³-hybridized carbons (Fsp3) is 0.333. The summed E-state index contributed by atoms with van der Waals surface area (Å²) in [5.41, 5.74) is 11.1. The minimum absolute atomic E-state index is 0.0620. The van der Waals surface area contributed by atoms with Crippen molar-refractivity contribution in [3.8, 4) is 0 Å². The number of nitrogens with zero attached hydrogens (tertiary/aromatic N) is 1. The van der Waals surface area contributed by atoms with E-state index in [1.165, 1.54) is 15.9 Å². The van der Waals surface area contributed by atoms with Gasteiger partial charge in [0.15, 0.2) is 0 Å². The Hall–Kier alpha value is -3.21. The lowest BCUT2D eigenvalue weighted by Crippen LogP contribution is -2.51. The zero-order valence-corrected chi connectivity index (χ0v) is 22.6. The van der Waals surface area contributed by atoms with Crippen LogP contribution in [0.5, 0.6) is 0 Å². The topological polar surface area (TPSA) is 93.4 Å². The number of amides is 1. The third-order valence-corrected chi connectivity index (χ3v) is 12.0. The first-order valence-corrected chi connectivity index (χ1v) is 15.0. The third kappa shape index (κ3) is 6.03. The quantitative estimate of drug-likeness (QED) is 0.126. The molecule has 1 saturated heterocycles. The SMILES string of the molecule is C[N+](CC1(C(=O)NCCC[P+](c2ccccc2)(c2ccccc2)c2ccccc2)CCOCC1)=C(N)N. The minimum Gasteiger partial charge on any atom is -0.381 e. The van der Waals surface area contributed by atoms with Crippen LogP contribution in [0.15, 0.2) is 91.0 Å². The van der Waals surface area contributed by atoms with Crippen LogP contribution in [-0.4, -0.2) is 56.0 Å². The highest BCUT2D eigenvalue weighted by molar-refractivity contribution is 7.95. The lowest BCUT2D eigenvalue weighted by molar-refractivity contribution is -0.514. The first-order valence-electron chi connectivity index (χ1n) is 13.0. The van der Waals surface area contributed by atoms with Gasteiger partial charge < -0.3 is 10.1 Å². The average molecular weight is 519 g/mol. The Morgan fingerprint density at radius 3 is 1.76 bits per heavy atom. The van der Waals surface area contributed by atoms with Gasteiger partial charge in [0.05, 0.1) is 25.2 Å². The van der Waals surface area contributed by atoms with Crippen molar-refractivity contribution in [2.45, 2.75) is 19.3 Å². The zero-order valence-electron chi connectivity index (χ0n) is 21.7. The van der Waals surface area contributed by atoms with E-state index in [9.17, 15) is 4.79 Å². The maximum absolute atomic E-state index is 13.5. The lowest BCUT2D eigenvalue weighted by atomic mass is 9.79. The van der Waals surface area contributed by atoms with E-state index in [0.29, 0.717) is 39.1 Å². The second-order valence-electron chi connectivity index (χ2n) is 9.82. The number of carbonyl (C=O) groups excluding carboxylic acids is 1. The number of hydrogen-bond donors (Lipinski definition) is 3. The smallest absolute Gasteiger partial charge is 0.340 e. The van der Waals surface area contributed by atoms with Gasteiger partial charge in [-0.1, -0.05) is 54.6 Å². The van der Waals surface area contributed by atoms with Crippen LogP contribution in [0, 0.1) is 5.41 Å². The van der Waals surface area contributed by atoms with Crippen molar-refractivity contribution in [1.29, 1.82) is 0 Å². The van der Waals surface area contributed by atoms with Crippen molar-refractivity contribution in [2.24, 2.45) is 16.9 Å². The molecule has 1 aliphatic heterocycles. The van der Waals surface area contributed by atoms with Crippen molar-refractivity contribution in [1.82, 2.24) is 5.32 Å². The van der Waals surface area contributed by atoms with Crippen molar-refractivity contribution >= 4 is 35.0 Å². The normalized spacial score (nSPS) is 15.1. The van der Waals surface area contributed by atoms with E-state index in [0.717, 1.165) is 12.6 Å². The van der Waals surface area contributed by atoms with Gasteiger partial charge in [-0.05, 0) is 55.7 Å². The monoisotopic (exact) mass is 518 g/mol. The highest BCUT2D eigenvalue weighted by Gasteiger charge is 2.45. The molecule has 0 atom stereocenters. The van der Waals surface area contributed by atoms with Gasteiger partial charge in [0.2, 0.25) is 5.91 Å². The van der Waals surface area contributed by atoms with Crippen LogP contribution in [-0.2, 0) is 9.53 Å². The Morgan fingerprint density at radius 1 is 0.865 bits per heavy atom. The molecule has 1 fully saturated rings. The molecule has 5 N–H and O–H groups in total. The van der Waals surface area contributed by atoms with Gasteiger partial charge in [0, 0.05) is 19.8 Å². The summed E-state index contributed by atoms with van der Waals surface area (Å²) >= 11 is 0. The number of carbonyl (C=O) groups is 1. The van der Waals surface area contributed by atoms with E-state index >= 15 is 0 Å². The fourth-order valence-corrected chi connectivity index (χ4v) is 9.70. The summed E-state index contributed by atoms with van der Waals surface area (Å²) in [5.74, 6) is 0.286. The molecular weight excluding hydrogens is 479 g/mol. The average Bonchev–Trinajstić information content (AvgIpc) is 2.95. The molecule has 3 aromatic rings. The first-order chi connectivity index (χ1) is 18.0. The van der Waals surface area contributed by atoms with Crippen LogP contribution in [0.25, 0.3) is 0 Å². The summed E-state index contributed by atoms with van der Waals surface area (Å²) in [6, 6.07) is 32.5. The van der Waals surface area contributed by atoms with Crippen LogP contribution in [0.4, 0.5) is 0 Å². The Morgan fingerprint density at radius 2 is 1.32 bits per heavy atom. The Labute approximate surface area is 221 Å². The number of guanidine groups is 1. The highest BCUT2D eigenvalue weighted by Crippen LogP contribution is 2.55. The predicted molar refractivity (Wildman–Crippen MR) is 155 cm³/mol. The molecule has 3 aromatic carbocycles. The number of hydrogen-bond acceptors (Lipinski definition) is 2. The third-order valence-electron chi connectivity index (χ3n) is 7.46. The van der Waals surface area contributed by atoms with Crippen LogP contribution < -0.4 is 32.7 Å². The van der Waals surface area contributed by atoms with Gasteiger partial charge >= 0.3 is 5.96 Å². The number of nitrogens with two attached hydrogens (primary N) is 2. The molecule has 0 bridgehead atoms. The maximum Gasteiger partial charge on any atom is 0.340 e. The molecule has 0 unspecified atom stereocenters. The lowest BCUT2D eigenvalue weighted by Gasteiger charge is -2.35. The summed E-state index contributed by atoms with van der Waals surface area (Å²) in [4.78, 5) is 13.5. The standard InChI is InChI=1S/C30H37N4O2P/c1-34(29(31)32)24-30(18-21-36-22-19-30)28(35)33-20-11-23-37(25-12-5-2-6-13-25,26-14-7-3-8-15-26)27-16-9-4-10-17-27/h2-10,12-17H,11,18-24H2,1H3,(H3-,31,32,33,35)/p+2. The molecule has 0 radical (unpaired) electrons. The molecule has 1 heterocycles. The van der Waals surface area contributed by atoms with E-state index in [1.54, 1.807) is 4.58 Å². The molecular formula is C30H39N4O2P+2. The maximum atomic E-state index is 13.5. The minimum atomic E-state index is -1.91. The van der Waals surface area contributed by atoms with Gasteiger partial charge in [-0.2, -0.15) is 0 Å². The van der Waals surface area contributed by atoms with Gasteiger partial charge in [-0.25, -0.2) is 0 Å². The van der Waals surface area contributed by atoms with Gasteiger partial charge in [-0.3, -0.25) is 20.8 Å². The number of ether oxygens (including phenoxy) is 1. The number of rotatable bonds is 10. The molecule has 6 nitrogen and oxygen atoms in total. The van der Waals surface area contributed by atoms with E-state index in [4.69, 9.17) is 16.2 Å². The molecule has 0 saturated carbocycles. The first kappa shape index (κ1) is 26.8. The number of benzene rings is 3. The molecule has 0 aliphatic carbocycles. The van der Waals surface area contributed by atoms with Crippen molar-refractivity contribution in [2.75, 3.05) is 39.5 Å². The molecule has 194 valence electrons. The molecule has 1 aliphatic rings. The van der Waals surface area contributed by atoms with Crippen LogP contribution in [0.1, 0.15) is 19.3 Å². The van der Waals surface area contributed by atoms with Crippen LogP contribution >= 0.6 is 7.26 Å². The van der Waals surface area contributed by atoms with Crippen LogP contribution in [0.3, 0.4) is 0 Å².